The van der Waals surface area contributed by atoms with Gasteiger partial charge in [-0.25, -0.2) is 4.98 Å². The topological polar surface area (TPSA) is 62.2 Å². The average molecular weight is 351 g/mol. The van der Waals surface area contributed by atoms with E-state index >= 15 is 0 Å². The second kappa shape index (κ2) is 5.03. The molecule has 0 aromatic carbocycles. The number of pyridine rings is 1. The van der Waals surface area contributed by atoms with Gasteiger partial charge in [0.05, 0.1) is 5.69 Å². The Labute approximate surface area is 128 Å². The number of halogens is 1. The fourth-order valence-electron chi connectivity index (χ4n) is 2.39. The van der Waals surface area contributed by atoms with Crippen LogP contribution in [0.5, 0.6) is 0 Å². The van der Waals surface area contributed by atoms with Crippen molar-refractivity contribution >= 4 is 33.2 Å². The predicted octanol–water partition coefficient (Wildman–Crippen LogP) is 3.11. The molecule has 2 N–H and O–H groups in total. The van der Waals surface area contributed by atoms with Gasteiger partial charge in [0.1, 0.15) is 15.9 Å². The molecule has 3 rings (SSSR count). The van der Waals surface area contributed by atoms with Crippen molar-refractivity contribution in [1.82, 2.24) is 10.3 Å². The van der Waals surface area contributed by atoms with E-state index < -0.39 is 5.54 Å². The normalized spacial score (nSPS) is 22.2. The summed E-state index contributed by atoms with van der Waals surface area (Å²) in [6.07, 6.45) is 1.50. The molecule has 1 amide bonds. The fraction of sp³-hybridized carbons (Fsp3) is 0.143. The van der Waals surface area contributed by atoms with Gasteiger partial charge in [0.15, 0.2) is 0 Å². The first-order chi connectivity index (χ1) is 9.60. The number of nitrogens with zero attached hydrogens (tertiary/aromatic N) is 1. The van der Waals surface area contributed by atoms with E-state index in [9.17, 15) is 9.90 Å². The van der Waals surface area contributed by atoms with Crippen LogP contribution >= 0.6 is 27.3 Å². The first-order valence-corrected chi connectivity index (χ1v) is 7.71. The summed E-state index contributed by atoms with van der Waals surface area (Å²) in [5.74, 6) is -0.261. The van der Waals surface area contributed by atoms with Crippen molar-refractivity contribution in [3.63, 3.8) is 0 Å². The number of thiophene rings is 1. The summed E-state index contributed by atoms with van der Waals surface area (Å²) in [6, 6.07) is 7.47. The Morgan fingerprint density at radius 1 is 1.40 bits per heavy atom. The molecule has 20 heavy (non-hydrogen) atoms. The first kappa shape index (κ1) is 13.3. The molecule has 102 valence electrons. The molecule has 3 heterocycles. The minimum atomic E-state index is -0.820. The van der Waals surface area contributed by atoms with Crippen LogP contribution in [0.1, 0.15) is 17.7 Å². The van der Waals surface area contributed by atoms with Gasteiger partial charge in [-0.3, -0.25) is 4.79 Å². The van der Waals surface area contributed by atoms with Gasteiger partial charge in [0.25, 0.3) is 0 Å². The molecule has 1 aliphatic rings. The average Bonchev–Trinajstić information content (AvgIpc) is 2.91. The van der Waals surface area contributed by atoms with Crippen molar-refractivity contribution in [2.45, 2.75) is 12.0 Å². The summed E-state index contributed by atoms with van der Waals surface area (Å²) in [5, 5.41) is 16.8. The van der Waals surface area contributed by atoms with Crippen molar-refractivity contribution < 1.29 is 9.90 Å². The number of hydrogen-bond donors (Lipinski definition) is 2. The SMILES string of the molecule is O=C1C=C(O)C[C@@](c2ccsc2)(c2cccc(Br)n2)N1. The van der Waals surface area contributed by atoms with E-state index in [1.807, 2.05) is 35.0 Å². The monoisotopic (exact) mass is 350 g/mol. The van der Waals surface area contributed by atoms with E-state index in [-0.39, 0.29) is 11.7 Å². The third-order valence-electron chi connectivity index (χ3n) is 3.25. The smallest absolute Gasteiger partial charge is 0.248 e. The molecule has 4 nitrogen and oxygen atoms in total. The summed E-state index contributed by atoms with van der Waals surface area (Å²) in [4.78, 5) is 16.3. The Morgan fingerprint density at radius 2 is 2.25 bits per heavy atom. The second-order valence-electron chi connectivity index (χ2n) is 4.56. The van der Waals surface area contributed by atoms with Crippen LogP contribution in [0.2, 0.25) is 0 Å². The van der Waals surface area contributed by atoms with E-state index in [0.717, 1.165) is 5.56 Å². The molecule has 6 heteroatoms. The number of amides is 1. The van der Waals surface area contributed by atoms with Crippen LogP contribution in [-0.4, -0.2) is 16.0 Å². The zero-order valence-electron chi connectivity index (χ0n) is 10.3. The van der Waals surface area contributed by atoms with E-state index in [1.54, 1.807) is 11.3 Å². The van der Waals surface area contributed by atoms with Gasteiger partial charge in [0.2, 0.25) is 5.91 Å². The van der Waals surface area contributed by atoms with Crippen LogP contribution in [0.4, 0.5) is 0 Å². The highest BCUT2D eigenvalue weighted by Gasteiger charge is 2.41. The third-order valence-corrected chi connectivity index (χ3v) is 4.37. The Bertz CT molecular complexity index is 684. The number of nitrogens with one attached hydrogen (secondary N) is 1. The van der Waals surface area contributed by atoms with Gasteiger partial charge >= 0.3 is 0 Å². The maximum absolute atomic E-state index is 11.9. The highest BCUT2D eigenvalue weighted by atomic mass is 79.9. The molecule has 0 fully saturated rings. The molecule has 0 aliphatic carbocycles. The van der Waals surface area contributed by atoms with Gasteiger partial charge < -0.3 is 10.4 Å². The van der Waals surface area contributed by atoms with E-state index in [1.165, 1.54) is 6.08 Å². The minimum absolute atomic E-state index is 0.0572. The molecular formula is C14H11BrN2O2S. The number of aromatic nitrogens is 1. The Hall–Kier alpha value is -1.66. The summed E-state index contributed by atoms with van der Waals surface area (Å²) >= 11 is 4.89. The molecule has 1 aliphatic heterocycles. The lowest BCUT2D eigenvalue weighted by Gasteiger charge is -2.36. The van der Waals surface area contributed by atoms with Gasteiger partial charge in [-0.1, -0.05) is 6.07 Å². The molecule has 0 saturated carbocycles. The standard InChI is InChI=1S/C14H11BrN2O2S/c15-12-3-1-2-11(16-12)14(9-4-5-20-8-9)7-10(18)6-13(19)17-14/h1-6,8,18H,7H2,(H,17,19)/t14-/m1/s1. The quantitative estimate of drug-likeness (QED) is 0.818. The van der Waals surface area contributed by atoms with Crippen molar-refractivity contribution in [1.29, 1.82) is 0 Å². The van der Waals surface area contributed by atoms with E-state index in [0.29, 0.717) is 16.7 Å². The summed E-state index contributed by atoms with van der Waals surface area (Å²) in [7, 11) is 0. The maximum atomic E-state index is 11.9. The lowest BCUT2D eigenvalue weighted by atomic mass is 9.82. The molecule has 0 bridgehead atoms. The number of aliphatic hydroxyl groups excluding tert-OH is 1. The van der Waals surface area contributed by atoms with Crippen molar-refractivity contribution in [3.05, 3.63) is 62.7 Å². The molecule has 0 spiro atoms. The fourth-order valence-corrected chi connectivity index (χ4v) is 3.47. The van der Waals surface area contributed by atoms with Gasteiger partial charge in [-0.15, -0.1) is 0 Å². The lowest BCUT2D eigenvalue weighted by molar-refractivity contribution is -0.119. The first-order valence-electron chi connectivity index (χ1n) is 5.97. The predicted molar refractivity (Wildman–Crippen MR) is 80.5 cm³/mol. The van der Waals surface area contributed by atoms with Crippen LogP contribution in [0.3, 0.4) is 0 Å². The largest absolute Gasteiger partial charge is 0.512 e. The molecule has 0 saturated heterocycles. The van der Waals surface area contributed by atoms with Gasteiger partial charge in [-0.05, 0) is 50.5 Å². The zero-order chi connectivity index (χ0) is 14.2. The van der Waals surface area contributed by atoms with Gasteiger partial charge in [0, 0.05) is 12.5 Å². The number of hydrogen-bond acceptors (Lipinski definition) is 4. The summed E-state index contributed by atoms with van der Waals surface area (Å²) < 4.78 is 0.688. The highest BCUT2D eigenvalue weighted by Crippen LogP contribution is 2.37. The van der Waals surface area contributed by atoms with Crippen molar-refractivity contribution in [3.8, 4) is 0 Å². The van der Waals surface area contributed by atoms with Crippen LogP contribution < -0.4 is 5.32 Å². The molecular weight excluding hydrogens is 340 g/mol. The van der Waals surface area contributed by atoms with E-state index in [4.69, 9.17) is 0 Å². The number of carbonyl (C=O) groups is 1. The minimum Gasteiger partial charge on any atom is -0.512 e. The van der Waals surface area contributed by atoms with Crippen molar-refractivity contribution in [2.24, 2.45) is 0 Å². The number of aliphatic hydroxyl groups is 1. The lowest BCUT2D eigenvalue weighted by Crippen LogP contribution is -2.49. The van der Waals surface area contributed by atoms with E-state index in [2.05, 4.69) is 26.2 Å². The number of carbonyl (C=O) groups excluding carboxylic acids is 1. The van der Waals surface area contributed by atoms with Crippen molar-refractivity contribution in [2.75, 3.05) is 0 Å². The Kier molecular flexibility index (Phi) is 3.35. The molecule has 2 aromatic rings. The Balaban J connectivity index is 2.19. The molecule has 0 radical (unpaired) electrons. The molecule has 2 aromatic heterocycles. The molecule has 0 unspecified atom stereocenters. The second-order valence-corrected chi connectivity index (χ2v) is 6.16. The molecule has 1 atom stereocenters. The third kappa shape index (κ3) is 2.25. The van der Waals surface area contributed by atoms with Crippen LogP contribution in [-0.2, 0) is 10.3 Å². The number of rotatable bonds is 2. The maximum Gasteiger partial charge on any atom is 0.248 e. The zero-order valence-corrected chi connectivity index (χ0v) is 12.7. The Morgan fingerprint density at radius 3 is 2.90 bits per heavy atom. The van der Waals surface area contributed by atoms with Crippen LogP contribution in [0, 0.1) is 0 Å². The van der Waals surface area contributed by atoms with Gasteiger partial charge in [-0.2, -0.15) is 11.3 Å². The summed E-state index contributed by atoms with van der Waals surface area (Å²) in [5.41, 5.74) is 0.791. The van der Waals surface area contributed by atoms with Crippen LogP contribution in [0.15, 0.2) is 51.5 Å². The highest BCUT2D eigenvalue weighted by molar-refractivity contribution is 9.10. The van der Waals surface area contributed by atoms with Crippen LogP contribution in [0.25, 0.3) is 0 Å². The summed E-state index contributed by atoms with van der Waals surface area (Å²) in [6.45, 7) is 0.